The Kier molecular flexibility index (Phi) is 39.0. The number of aliphatic hydroxyl groups excluding tert-OH is 2. The van der Waals surface area contributed by atoms with E-state index in [1.807, 2.05) is 121 Å². The molecule has 4 rings (SSSR count). The Morgan fingerprint density at radius 1 is 0.525 bits per heavy atom. The largest absolute Gasteiger partial charge is 0.748 e. The average molecular weight is 620 g/mol. The first-order chi connectivity index (χ1) is 17.3. The van der Waals surface area contributed by atoms with Gasteiger partial charge in [-0.3, -0.25) is 0 Å². The molecule has 0 amide bonds. The summed E-state index contributed by atoms with van der Waals surface area (Å²) < 4.78 is 9.26. The van der Waals surface area contributed by atoms with E-state index in [1.165, 1.54) is 0 Å². The fraction of sp³-hybridized carbons (Fsp3) is 0.250. The van der Waals surface area contributed by atoms with Gasteiger partial charge in [-0.05, 0) is 27.7 Å². The van der Waals surface area contributed by atoms with E-state index in [4.69, 9.17) is 0 Å². The third kappa shape index (κ3) is 30.2. The average Bonchev–Trinajstić information content (AvgIpc) is 3.67. The number of esters is 2. The summed E-state index contributed by atoms with van der Waals surface area (Å²) in [6.45, 7) is 6.35. The molecule has 0 saturated heterocycles. The molecule has 0 aliphatic carbocycles. The molecule has 2 unspecified atom stereocenters. The van der Waals surface area contributed by atoms with E-state index in [9.17, 15) is 19.8 Å². The van der Waals surface area contributed by atoms with Gasteiger partial charge < -0.3 is 64.9 Å². The first-order valence-electron chi connectivity index (χ1n) is 11.7. The van der Waals surface area contributed by atoms with Crippen LogP contribution < -0.4 is 0 Å². The smallest absolute Gasteiger partial charge is 0.338 e. The molecule has 2 N–H and O–H groups in total. The van der Waals surface area contributed by atoms with E-state index in [2.05, 4.69) is 9.47 Å². The van der Waals surface area contributed by atoms with E-state index in [1.54, 1.807) is 27.7 Å². The molecule has 2 atom stereocenters. The van der Waals surface area contributed by atoms with Gasteiger partial charge in [-0.1, -0.05) is 0 Å². The second-order valence-electron chi connectivity index (χ2n) is 7.71. The van der Waals surface area contributed by atoms with Crippen molar-refractivity contribution in [2.45, 2.75) is 52.1 Å². The van der Waals surface area contributed by atoms with Gasteiger partial charge >= 0.3 is 11.9 Å². The Morgan fingerprint density at radius 2 is 0.725 bits per heavy atom. The van der Waals surface area contributed by atoms with Gasteiger partial charge in [0.05, 0.1) is 12.2 Å². The molecule has 6 nitrogen and oxygen atoms in total. The molecule has 0 bridgehead atoms. The van der Waals surface area contributed by atoms with Gasteiger partial charge in [0.2, 0.25) is 0 Å². The normalized spacial score (nSPS) is 9.90. The summed E-state index contributed by atoms with van der Waals surface area (Å²) in [5.74, 6) is -2.11. The molecule has 4 aromatic carbocycles. The molecule has 0 aliphatic heterocycles. The van der Waals surface area contributed by atoms with Gasteiger partial charge in [0.1, 0.15) is 0 Å². The van der Waals surface area contributed by atoms with Crippen molar-refractivity contribution < 1.29 is 72.7 Å². The van der Waals surface area contributed by atoms with Gasteiger partial charge in [-0.25, -0.2) is 46.0 Å². The summed E-state index contributed by atoms with van der Waals surface area (Å²) in [6.07, 6.45) is -4.71. The number of carbonyl (C=O) groups excluding carboxylic acids is 2. The Morgan fingerprint density at radius 3 is 0.850 bits per heavy atom. The minimum atomic E-state index is -1.92. The van der Waals surface area contributed by atoms with Crippen molar-refractivity contribution in [2.24, 2.45) is 0 Å². The van der Waals surface area contributed by atoms with Crippen LogP contribution in [0.4, 0.5) is 0 Å². The number of hydrogen-bond donors (Lipinski definition) is 2. The van der Waals surface area contributed by atoms with Crippen LogP contribution in [-0.4, -0.2) is 46.6 Å². The van der Waals surface area contributed by atoms with Gasteiger partial charge in [0.25, 0.3) is 0 Å². The zero-order valence-electron chi connectivity index (χ0n) is 24.4. The molecule has 40 heavy (non-hydrogen) atoms. The number of ether oxygens (including phenoxy) is 2. The van der Waals surface area contributed by atoms with Crippen molar-refractivity contribution in [3.05, 3.63) is 136 Å². The van der Waals surface area contributed by atoms with Crippen LogP contribution in [0.2, 0.25) is 0 Å². The van der Waals surface area contributed by atoms with Gasteiger partial charge in [-0.2, -0.15) is 54.6 Å². The van der Waals surface area contributed by atoms with E-state index < -0.39 is 36.4 Å². The van der Waals surface area contributed by atoms with Crippen LogP contribution in [0.25, 0.3) is 0 Å². The van der Waals surface area contributed by atoms with E-state index >= 15 is 0 Å². The van der Waals surface area contributed by atoms with E-state index in [0.717, 1.165) is 0 Å². The molecule has 4 aromatic rings. The summed E-state index contributed by atoms with van der Waals surface area (Å²) in [5, 5.41) is 18.6. The maximum Gasteiger partial charge on any atom is 0.338 e. The predicted molar refractivity (Wildman–Crippen MR) is 155 cm³/mol. The summed E-state index contributed by atoms with van der Waals surface area (Å²) >= 11 is 0. The predicted octanol–water partition coefficient (Wildman–Crippen LogP) is 6.13. The number of carbonyl (C=O) groups is 2. The second kappa shape index (κ2) is 32.9. The van der Waals surface area contributed by atoms with Crippen LogP contribution in [-0.2, 0) is 62.5 Å². The minimum Gasteiger partial charge on any atom is -0.748 e. The van der Waals surface area contributed by atoms with Gasteiger partial charge in [-0.15, -0.1) is 0 Å². The molecule has 0 fully saturated rings. The Labute approximate surface area is 271 Å². The van der Waals surface area contributed by atoms with Crippen LogP contribution in [0.15, 0.2) is 121 Å². The Hall–Kier alpha value is -2.31. The molecule has 0 radical (unpaired) electrons. The molecule has 0 saturated carbocycles. The third-order valence-corrected chi connectivity index (χ3v) is 3.71. The van der Waals surface area contributed by atoms with Crippen LogP contribution in [0.1, 0.15) is 27.7 Å². The Balaban J connectivity index is -0.000000140. The molecule has 226 valence electrons. The fourth-order valence-electron chi connectivity index (χ4n) is 2.14. The zero-order valence-corrected chi connectivity index (χ0v) is 27.5. The van der Waals surface area contributed by atoms with Crippen molar-refractivity contribution in [2.75, 3.05) is 0 Å². The number of hydrogen-bond acceptors (Lipinski definition) is 6. The molecule has 0 spiro atoms. The topological polar surface area (TPSA) is 93.1 Å². The zero-order chi connectivity index (χ0) is 27.0. The summed E-state index contributed by atoms with van der Waals surface area (Å²) in [6, 6.07) is 40.0. The fourth-order valence-corrected chi connectivity index (χ4v) is 2.14. The quantitative estimate of drug-likeness (QED) is 0.159. The summed E-state index contributed by atoms with van der Waals surface area (Å²) in [4.78, 5) is 22.3. The van der Waals surface area contributed by atoms with Crippen LogP contribution >= 0.6 is 0 Å². The summed E-state index contributed by atoms with van der Waals surface area (Å²) in [5.41, 5.74) is 0. The van der Waals surface area contributed by atoms with Crippen molar-refractivity contribution in [1.29, 1.82) is 0 Å². The standard InChI is InChI=1S/C10H18O6.4C5H5.2CH3.2Ti/c1-5(2)15-9(13)7(11)8(12)10(14)16-6(3)4;4*1-2-4-5-3-1;;;;/h5-8,11-12H,1-4H3;4*1-5H;2*1H3;;/q;-5;5*-1;;. The molecule has 8 heteroatoms. The molecule has 0 aliphatic rings. The first-order valence-corrected chi connectivity index (χ1v) is 11.7. The van der Waals surface area contributed by atoms with Crippen molar-refractivity contribution in [3.63, 3.8) is 0 Å². The van der Waals surface area contributed by atoms with Crippen LogP contribution in [0.5, 0.6) is 0 Å². The van der Waals surface area contributed by atoms with Crippen molar-refractivity contribution in [3.8, 4) is 0 Å². The minimum absolute atomic E-state index is 0. The number of aliphatic hydroxyl groups is 2. The van der Waals surface area contributed by atoms with Crippen molar-refractivity contribution >= 4 is 11.9 Å². The van der Waals surface area contributed by atoms with Crippen molar-refractivity contribution in [1.82, 2.24) is 0 Å². The maximum absolute atomic E-state index is 11.1. The third-order valence-electron chi connectivity index (χ3n) is 3.71. The molecule has 0 aromatic heterocycles. The first kappa shape index (κ1) is 47.5. The van der Waals surface area contributed by atoms with Crippen LogP contribution in [0, 0.1) is 14.9 Å². The maximum atomic E-state index is 11.1. The molecular formula is C32H44O6Ti2-10. The SMILES string of the molecule is CC(C)OC(=O)C(O)C(O)C(=O)OC(C)C.[CH3-].[CH3-].[Ti].[Ti].[cH-]1[cH-][cH-][cH-][cH-]1.c1cc[cH-]c1.c1cc[cH-]c1.c1cc[cH-]c1. The molecular weight excluding hydrogens is 576 g/mol. The monoisotopic (exact) mass is 620 g/mol. The number of rotatable bonds is 5. The van der Waals surface area contributed by atoms with Gasteiger partial charge in [0.15, 0.2) is 12.2 Å². The molecule has 0 heterocycles. The second-order valence-corrected chi connectivity index (χ2v) is 7.71. The summed E-state index contributed by atoms with van der Waals surface area (Å²) in [7, 11) is 0. The van der Waals surface area contributed by atoms with Crippen LogP contribution in [0.3, 0.4) is 0 Å². The van der Waals surface area contributed by atoms with Gasteiger partial charge in [0, 0.05) is 43.4 Å². The van der Waals surface area contributed by atoms with E-state index in [0.29, 0.717) is 0 Å². The Bertz CT molecular complexity index is 717. The van der Waals surface area contributed by atoms with E-state index in [-0.39, 0.29) is 58.3 Å².